The average molecular weight is 436 g/mol. The van der Waals surface area contributed by atoms with Crippen LogP contribution in [0, 0.1) is 0 Å². The summed E-state index contributed by atoms with van der Waals surface area (Å²) in [6.07, 6.45) is 0. The fourth-order valence-corrected chi connectivity index (χ4v) is 3.42. The molecule has 0 aliphatic carbocycles. The van der Waals surface area contributed by atoms with Crippen LogP contribution in [0.2, 0.25) is 0 Å². The van der Waals surface area contributed by atoms with Gasteiger partial charge in [0.05, 0.1) is 0 Å². The molecule has 3 aromatic rings. The van der Waals surface area contributed by atoms with Crippen LogP contribution in [0.15, 0.2) is 37.8 Å². The van der Waals surface area contributed by atoms with Crippen molar-refractivity contribution in [3.8, 4) is 0 Å². The van der Waals surface area contributed by atoms with Crippen molar-refractivity contribution in [2.75, 3.05) is 5.32 Å². The molecule has 18 heavy (non-hydrogen) atoms. The van der Waals surface area contributed by atoms with Gasteiger partial charge in [0.1, 0.15) is 0 Å². The number of aromatic nitrogens is 2. The fourth-order valence-electron chi connectivity index (χ4n) is 1.61. The number of anilines is 1. The summed E-state index contributed by atoms with van der Waals surface area (Å²) in [6, 6.07) is 7.91. The molecule has 2 aromatic heterocycles. The van der Waals surface area contributed by atoms with Gasteiger partial charge in [0.2, 0.25) is 0 Å². The van der Waals surface area contributed by atoms with Crippen LogP contribution in [0.3, 0.4) is 0 Å². The predicted molar refractivity (Wildman–Crippen MR) is 77.9 cm³/mol. The van der Waals surface area contributed by atoms with Crippen molar-refractivity contribution in [2.24, 2.45) is 0 Å². The summed E-state index contributed by atoms with van der Waals surface area (Å²) in [7, 11) is 0. The number of nitrogens with zero attached hydrogens (tertiary/aromatic N) is 2. The summed E-state index contributed by atoms with van der Waals surface area (Å²) in [5.74, 6) is 0.854. The van der Waals surface area contributed by atoms with Crippen molar-refractivity contribution in [3.63, 3.8) is 0 Å². The van der Waals surface area contributed by atoms with Gasteiger partial charge in [-0.3, -0.25) is 0 Å². The van der Waals surface area contributed by atoms with E-state index in [0.29, 0.717) is 11.2 Å². The van der Waals surface area contributed by atoms with E-state index in [4.69, 9.17) is 4.42 Å². The second-order valence-electron chi connectivity index (χ2n) is 3.63. The Balaban J connectivity index is 1.82. The van der Waals surface area contributed by atoms with Crippen LogP contribution >= 0.6 is 31.9 Å². The van der Waals surface area contributed by atoms with Crippen LogP contribution in [0.25, 0.3) is 11.0 Å². The van der Waals surface area contributed by atoms with Crippen molar-refractivity contribution in [2.45, 2.75) is 6.54 Å². The molecule has 0 aliphatic rings. The van der Waals surface area contributed by atoms with Gasteiger partial charge in [-0.15, -0.1) is 0 Å². The summed E-state index contributed by atoms with van der Waals surface area (Å²) >= 11 is 6.71. The molecule has 0 unspecified atom stereocenters. The van der Waals surface area contributed by atoms with Gasteiger partial charge in [-0.25, -0.2) is 0 Å². The second-order valence-corrected chi connectivity index (χ2v) is 6.31. The van der Waals surface area contributed by atoms with Gasteiger partial charge in [0.25, 0.3) is 0 Å². The summed E-state index contributed by atoms with van der Waals surface area (Å²) in [4.78, 5) is 0. The van der Waals surface area contributed by atoms with Crippen molar-refractivity contribution >= 4 is 63.5 Å². The number of furan rings is 1. The molecule has 0 saturated carbocycles. The van der Waals surface area contributed by atoms with Gasteiger partial charge in [0.15, 0.2) is 0 Å². The Bertz CT molecular complexity index is 675. The molecular formula is C11H7Br2N3OSe. The van der Waals surface area contributed by atoms with E-state index in [9.17, 15) is 0 Å². The van der Waals surface area contributed by atoms with E-state index in [1.54, 1.807) is 0 Å². The van der Waals surface area contributed by atoms with E-state index in [1.807, 2.05) is 24.3 Å². The zero-order valence-corrected chi connectivity index (χ0v) is 13.9. The first kappa shape index (κ1) is 12.4. The fraction of sp³-hybridized carbons (Fsp3) is 0.0909. The molecule has 1 N–H and O–H groups in total. The van der Waals surface area contributed by atoms with Crippen LogP contribution in [0.5, 0.6) is 0 Å². The van der Waals surface area contributed by atoms with Crippen molar-refractivity contribution in [1.29, 1.82) is 0 Å². The first-order valence-corrected chi connectivity index (χ1v) is 8.25. The van der Waals surface area contributed by atoms with Gasteiger partial charge in [-0.1, -0.05) is 0 Å². The molecule has 0 bridgehead atoms. The average Bonchev–Trinajstić information content (AvgIpc) is 2.94. The number of benzene rings is 1. The minimum atomic E-state index is -0.00312. The molecular weight excluding hydrogens is 429 g/mol. The molecule has 0 radical (unpaired) electrons. The Labute approximate surface area is 126 Å². The van der Waals surface area contributed by atoms with Gasteiger partial charge in [0, 0.05) is 0 Å². The quantitative estimate of drug-likeness (QED) is 0.640. The van der Waals surface area contributed by atoms with Crippen molar-refractivity contribution < 1.29 is 4.42 Å². The SMILES string of the molecule is Brc1cc(CNc2cccc3n[se]nc23)oc1Br. The molecule has 0 aliphatic heterocycles. The van der Waals surface area contributed by atoms with Crippen molar-refractivity contribution in [1.82, 2.24) is 7.96 Å². The molecule has 0 saturated heterocycles. The first-order valence-electron chi connectivity index (χ1n) is 5.13. The molecule has 0 fully saturated rings. The van der Waals surface area contributed by atoms with Gasteiger partial charge in [-0.2, -0.15) is 0 Å². The van der Waals surface area contributed by atoms with E-state index >= 15 is 0 Å². The van der Waals surface area contributed by atoms with E-state index in [1.165, 1.54) is 0 Å². The molecule has 7 heteroatoms. The zero-order chi connectivity index (χ0) is 12.5. The Morgan fingerprint density at radius 1 is 1.28 bits per heavy atom. The monoisotopic (exact) mass is 435 g/mol. The third-order valence-electron chi connectivity index (χ3n) is 2.44. The Hall–Kier alpha value is -0.621. The van der Waals surface area contributed by atoms with Crippen LogP contribution in [-0.4, -0.2) is 22.9 Å². The first-order chi connectivity index (χ1) is 8.74. The zero-order valence-electron chi connectivity index (χ0n) is 8.98. The molecule has 3 rings (SSSR count). The van der Waals surface area contributed by atoms with Crippen LogP contribution in [-0.2, 0) is 6.54 Å². The maximum atomic E-state index is 5.51. The summed E-state index contributed by atoms with van der Waals surface area (Å²) in [5, 5.41) is 3.32. The predicted octanol–water partition coefficient (Wildman–Crippen LogP) is 3.42. The molecule has 92 valence electrons. The second kappa shape index (κ2) is 5.17. The van der Waals surface area contributed by atoms with Gasteiger partial charge in [-0.05, 0) is 0 Å². The number of hydrogen-bond acceptors (Lipinski definition) is 4. The van der Waals surface area contributed by atoms with E-state index in [-0.39, 0.29) is 15.0 Å². The number of halogens is 2. The maximum absolute atomic E-state index is 5.51. The van der Waals surface area contributed by atoms with E-state index in [0.717, 1.165) is 27.0 Å². The van der Waals surface area contributed by atoms with E-state index < -0.39 is 0 Å². The number of hydrogen-bond donors (Lipinski definition) is 1. The van der Waals surface area contributed by atoms with E-state index in [2.05, 4.69) is 45.1 Å². The molecule has 0 atom stereocenters. The molecule has 0 amide bonds. The molecule has 4 nitrogen and oxygen atoms in total. The number of nitrogens with one attached hydrogen (secondary N) is 1. The Morgan fingerprint density at radius 3 is 2.94 bits per heavy atom. The summed E-state index contributed by atoms with van der Waals surface area (Å²) < 4.78 is 15.9. The summed E-state index contributed by atoms with van der Waals surface area (Å²) in [6.45, 7) is 0.614. The van der Waals surface area contributed by atoms with Crippen LogP contribution < -0.4 is 5.32 Å². The third-order valence-corrected chi connectivity index (χ3v) is 5.28. The summed E-state index contributed by atoms with van der Waals surface area (Å²) in [5.41, 5.74) is 2.93. The molecule has 2 heterocycles. The molecule has 1 aromatic carbocycles. The van der Waals surface area contributed by atoms with Gasteiger partial charge < -0.3 is 0 Å². The Kier molecular flexibility index (Phi) is 3.56. The third kappa shape index (κ3) is 2.40. The van der Waals surface area contributed by atoms with Gasteiger partial charge >= 0.3 is 127 Å². The minimum absolute atomic E-state index is 0.00312. The number of fused-ring (bicyclic) bond motifs is 1. The topological polar surface area (TPSA) is 51.0 Å². The van der Waals surface area contributed by atoms with Crippen LogP contribution in [0.1, 0.15) is 5.76 Å². The van der Waals surface area contributed by atoms with Crippen molar-refractivity contribution in [3.05, 3.63) is 39.2 Å². The molecule has 0 spiro atoms. The Morgan fingerprint density at radius 2 is 2.17 bits per heavy atom. The normalized spacial score (nSPS) is 11.0. The van der Waals surface area contributed by atoms with Crippen LogP contribution in [0.4, 0.5) is 5.69 Å². The number of rotatable bonds is 3. The standard InChI is InChI=1S/C11H7Br2N3OSe/c12-7-4-6(17-11(7)13)5-14-8-2-1-3-9-10(8)16-18-15-9/h1-4,14H,5H2.